The van der Waals surface area contributed by atoms with Gasteiger partial charge in [0.2, 0.25) is 0 Å². The average Bonchev–Trinajstić information content (AvgIpc) is 2.99. The molecular weight excluding hydrogens is 268 g/mol. The Kier molecular flexibility index (Phi) is 4.18. The van der Waals surface area contributed by atoms with Crippen molar-refractivity contribution in [2.45, 2.75) is 47.0 Å². The number of allylic oxidation sites excluding steroid dienone is 2. The topological polar surface area (TPSA) is 74.6 Å². The van der Waals surface area contributed by atoms with Gasteiger partial charge in [0.05, 0.1) is 11.8 Å². The first-order valence-electron chi connectivity index (χ1n) is 7.98. The molecule has 0 aromatic rings. The second-order valence-electron chi connectivity index (χ2n) is 6.87. The highest BCUT2D eigenvalue weighted by Gasteiger charge is 2.64. The molecule has 0 amide bonds. The van der Waals surface area contributed by atoms with E-state index < -0.39 is 29.2 Å². The summed E-state index contributed by atoms with van der Waals surface area (Å²) in [5.41, 5.74) is 0.704. The van der Waals surface area contributed by atoms with E-state index in [1.807, 2.05) is 0 Å². The third-order valence-electron chi connectivity index (χ3n) is 6.07. The number of rotatable bonds is 6. The highest BCUT2D eigenvalue weighted by molar-refractivity contribution is 5.83. The number of carbonyl (C=O) groups is 2. The Morgan fingerprint density at radius 3 is 2.29 bits per heavy atom. The fourth-order valence-corrected chi connectivity index (χ4v) is 4.56. The molecule has 1 saturated carbocycles. The standard InChI is InChI=1S/C17H26O4/c1-5-9(3)11-7-17(10(4)6-2)8-12(11)13(15(18)19)14(17)16(20)21/h7,9-10,12-14H,5-6,8H2,1-4H3,(H,18,19)(H,20,21). The summed E-state index contributed by atoms with van der Waals surface area (Å²) in [6.45, 7) is 8.33. The first-order valence-corrected chi connectivity index (χ1v) is 7.98. The molecule has 21 heavy (non-hydrogen) atoms. The molecule has 0 aliphatic heterocycles. The summed E-state index contributed by atoms with van der Waals surface area (Å²) in [6, 6.07) is 0. The van der Waals surface area contributed by atoms with Crippen LogP contribution in [0.15, 0.2) is 11.6 Å². The molecule has 2 bridgehead atoms. The second-order valence-corrected chi connectivity index (χ2v) is 6.87. The molecule has 0 radical (unpaired) electrons. The average molecular weight is 294 g/mol. The Balaban J connectivity index is 2.55. The number of hydrogen-bond donors (Lipinski definition) is 2. The van der Waals surface area contributed by atoms with Gasteiger partial charge in [-0.3, -0.25) is 9.59 Å². The lowest BCUT2D eigenvalue weighted by molar-refractivity contribution is -0.157. The number of fused-ring (bicyclic) bond motifs is 2. The maximum Gasteiger partial charge on any atom is 0.308 e. The number of hydrogen-bond acceptors (Lipinski definition) is 2. The van der Waals surface area contributed by atoms with Gasteiger partial charge in [-0.25, -0.2) is 0 Å². The summed E-state index contributed by atoms with van der Waals surface area (Å²) >= 11 is 0. The Labute approximate surface area is 126 Å². The molecule has 118 valence electrons. The van der Waals surface area contributed by atoms with E-state index in [1.54, 1.807) is 0 Å². The lowest BCUT2D eigenvalue weighted by Gasteiger charge is -2.38. The number of aliphatic carboxylic acids is 2. The van der Waals surface area contributed by atoms with Crippen molar-refractivity contribution < 1.29 is 19.8 Å². The third-order valence-corrected chi connectivity index (χ3v) is 6.07. The van der Waals surface area contributed by atoms with Crippen molar-refractivity contribution >= 4 is 11.9 Å². The lowest BCUT2D eigenvalue weighted by Crippen LogP contribution is -2.42. The zero-order chi connectivity index (χ0) is 15.9. The largest absolute Gasteiger partial charge is 0.481 e. The van der Waals surface area contributed by atoms with Gasteiger partial charge in [0.1, 0.15) is 0 Å². The molecule has 4 heteroatoms. The molecule has 0 aromatic heterocycles. The molecule has 2 aliphatic rings. The van der Waals surface area contributed by atoms with Crippen LogP contribution in [0.3, 0.4) is 0 Å². The lowest BCUT2D eigenvalue weighted by atomic mass is 9.64. The van der Waals surface area contributed by atoms with E-state index in [0.29, 0.717) is 12.3 Å². The van der Waals surface area contributed by atoms with E-state index in [9.17, 15) is 19.8 Å². The SMILES string of the molecule is CCC(C)C1=CC2(C(C)CC)CC1C(C(=O)O)C2C(=O)O. The first kappa shape index (κ1) is 16.1. The molecule has 0 aromatic carbocycles. The Morgan fingerprint density at radius 1 is 1.24 bits per heavy atom. The van der Waals surface area contributed by atoms with Crippen LogP contribution >= 0.6 is 0 Å². The van der Waals surface area contributed by atoms with Crippen LogP contribution in [-0.4, -0.2) is 22.2 Å². The summed E-state index contributed by atoms with van der Waals surface area (Å²) in [5.74, 6) is -3.05. The van der Waals surface area contributed by atoms with Crippen LogP contribution in [0.5, 0.6) is 0 Å². The van der Waals surface area contributed by atoms with Crippen LogP contribution in [0.4, 0.5) is 0 Å². The molecule has 4 nitrogen and oxygen atoms in total. The van der Waals surface area contributed by atoms with Crippen LogP contribution < -0.4 is 0 Å². The minimum absolute atomic E-state index is 0.104. The van der Waals surface area contributed by atoms with Gasteiger partial charge in [-0.2, -0.15) is 0 Å². The Bertz CT molecular complexity index is 481. The van der Waals surface area contributed by atoms with Crippen molar-refractivity contribution in [3.8, 4) is 0 Å². The van der Waals surface area contributed by atoms with Gasteiger partial charge < -0.3 is 10.2 Å². The van der Waals surface area contributed by atoms with Crippen molar-refractivity contribution in [3.63, 3.8) is 0 Å². The van der Waals surface area contributed by atoms with Crippen LogP contribution in [0.2, 0.25) is 0 Å². The van der Waals surface area contributed by atoms with Gasteiger partial charge in [-0.15, -0.1) is 0 Å². The predicted octanol–water partition coefficient (Wildman–Crippen LogP) is 3.43. The third kappa shape index (κ3) is 2.19. The summed E-state index contributed by atoms with van der Waals surface area (Å²) in [4.78, 5) is 23.5. The van der Waals surface area contributed by atoms with E-state index in [-0.39, 0.29) is 11.8 Å². The van der Waals surface area contributed by atoms with Crippen molar-refractivity contribution in [3.05, 3.63) is 11.6 Å². The molecule has 2 aliphatic carbocycles. The highest BCUT2D eigenvalue weighted by Crippen LogP contribution is 2.64. The zero-order valence-electron chi connectivity index (χ0n) is 13.3. The summed E-state index contributed by atoms with van der Waals surface area (Å²) in [6.07, 6.45) is 4.67. The molecule has 0 spiro atoms. The van der Waals surface area contributed by atoms with E-state index in [1.165, 1.54) is 5.57 Å². The highest BCUT2D eigenvalue weighted by atomic mass is 16.4. The van der Waals surface area contributed by atoms with Gasteiger partial charge in [0.25, 0.3) is 0 Å². The van der Waals surface area contributed by atoms with Crippen molar-refractivity contribution in [1.82, 2.24) is 0 Å². The normalized spacial score (nSPS) is 37.1. The number of carboxylic acid groups (broad SMARTS) is 2. The molecular formula is C17H26O4. The fraction of sp³-hybridized carbons (Fsp3) is 0.765. The summed E-state index contributed by atoms with van der Waals surface area (Å²) < 4.78 is 0. The van der Waals surface area contributed by atoms with Crippen molar-refractivity contribution in [2.24, 2.45) is 35.0 Å². The van der Waals surface area contributed by atoms with Gasteiger partial charge in [0.15, 0.2) is 0 Å². The molecule has 1 fully saturated rings. The molecule has 0 saturated heterocycles. The van der Waals surface area contributed by atoms with Crippen molar-refractivity contribution in [2.75, 3.05) is 0 Å². The van der Waals surface area contributed by atoms with Crippen molar-refractivity contribution in [1.29, 1.82) is 0 Å². The molecule has 6 atom stereocenters. The molecule has 2 N–H and O–H groups in total. The van der Waals surface area contributed by atoms with Gasteiger partial charge in [-0.05, 0) is 30.6 Å². The fourth-order valence-electron chi connectivity index (χ4n) is 4.56. The van der Waals surface area contributed by atoms with E-state index in [2.05, 4.69) is 33.8 Å². The Morgan fingerprint density at radius 2 is 1.86 bits per heavy atom. The van der Waals surface area contributed by atoms with Crippen LogP contribution in [0, 0.1) is 35.0 Å². The monoisotopic (exact) mass is 294 g/mol. The molecule has 0 heterocycles. The quantitative estimate of drug-likeness (QED) is 0.736. The maximum atomic E-state index is 11.8. The first-order chi connectivity index (χ1) is 9.80. The van der Waals surface area contributed by atoms with E-state index in [4.69, 9.17) is 0 Å². The smallest absolute Gasteiger partial charge is 0.308 e. The minimum Gasteiger partial charge on any atom is -0.481 e. The van der Waals surface area contributed by atoms with E-state index >= 15 is 0 Å². The predicted molar refractivity (Wildman–Crippen MR) is 79.8 cm³/mol. The van der Waals surface area contributed by atoms with Gasteiger partial charge in [0, 0.05) is 5.41 Å². The number of carboxylic acids is 2. The molecule has 6 unspecified atom stereocenters. The summed E-state index contributed by atoms with van der Waals surface area (Å²) in [5, 5.41) is 19.3. The van der Waals surface area contributed by atoms with Crippen LogP contribution in [-0.2, 0) is 9.59 Å². The van der Waals surface area contributed by atoms with Gasteiger partial charge >= 0.3 is 11.9 Å². The maximum absolute atomic E-state index is 11.8. The van der Waals surface area contributed by atoms with Crippen LogP contribution in [0.1, 0.15) is 47.0 Å². The minimum atomic E-state index is -0.954. The summed E-state index contributed by atoms with van der Waals surface area (Å²) in [7, 11) is 0. The molecule has 2 rings (SSSR count). The van der Waals surface area contributed by atoms with Gasteiger partial charge in [-0.1, -0.05) is 45.8 Å². The zero-order valence-corrected chi connectivity index (χ0v) is 13.3. The Hall–Kier alpha value is -1.32. The van der Waals surface area contributed by atoms with Crippen LogP contribution in [0.25, 0.3) is 0 Å². The second kappa shape index (κ2) is 5.47. The van der Waals surface area contributed by atoms with E-state index in [0.717, 1.165) is 12.8 Å².